The lowest BCUT2D eigenvalue weighted by Gasteiger charge is -2.49. The van der Waals surface area contributed by atoms with Crippen molar-refractivity contribution in [3.8, 4) is 0 Å². The largest absolute Gasteiger partial charge is 0.387 e. The smallest absolute Gasteiger partial charge is 0.237 e. The topological polar surface area (TPSA) is 61.8 Å². The number of aliphatic hydroxyl groups is 1. The van der Waals surface area contributed by atoms with Crippen molar-refractivity contribution < 1.29 is 14.6 Å². The molecule has 17 heavy (non-hydrogen) atoms. The van der Waals surface area contributed by atoms with Crippen LogP contribution in [0, 0.1) is 5.92 Å². The van der Waals surface area contributed by atoms with Crippen LogP contribution in [-0.4, -0.2) is 60.9 Å². The first-order valence-electron chi connectivity index (χ1n) is 6.30. The highest BCUT2D eigenvalue weighted by Gasteiger charge is 2.53. The summed E-state index contributed by atoms with van der Waals surface area (Å²) >= 11 is 0. The number of likely N-dealkylation sites (tertiary alicyclic amines) is 1. The number of amides is 1. The van der Waals surface area contributed by atoms with Crippen molar-refractivity contribution in [2.45, 2.75) is 31.4 Å². The van der Waals surface area contributed by atoms with E-state index >= 15 is 0 Å². The van der Waals surface area contributed by atoms with Crippen LogP contribution < -0.4 is 5.32 Å². The maximum absolute atomic E-state index is 11.8. The highest BCUT2D eigenvalue weighted by atomic mass is 16.5. The molecule has 2 N–H and O–H groups in total. The van der Waals surface area contributed by atoms with Gasteiger partial charge in [-0.05, 0) is 25.7 Å². The molecule has 1 aliphatic carbocycles. The van der Waals surface area contributed by atoms with Gasteiger partial charge in [-0.1, -0.05) is 0 Å². The third kappa shape index (κ3) is 2.78. The van der Waals surface area contributed by atoms with Crippen LogP contribution in [-0.2, 0) is 9.53 Å². The van der Waals surface area contributed by atoms with Crippen molar-refractivity contribution in [2.75, 3.05) is 33.4 Å². The predicted molar refractivity (Wildman–Crippen MR) is 63.6 cm³/mol. The normalized spacial score (nSPS) is 25.1. The van der Waals surface area contributed by atoms with E-state index in [1.165, 1.54) is 0 Å². The molecule has 5 heteroatoms. The van der Waals surface area contributed by atoms with Crippen LogP contribution in [0.2, 0.25) is 0 Å². The molecular weight excluding hydrogens is 220 g/mol. The fraction of sp³-hybridized carbons (Fsp3) is 0.917. The Morgan fingerprint density at radius 3 is 2.76 bits per heavy atom. The molecule has 2 rings (SSSR count). The quantitative estimate of drug-likeness (QED) is 0.622. The van der Waals surface area contributed by atoms with Gasteiger partial charge in [0.15, 0.2) is 0 Å². The van der Waals surface area contributed by atoms with Gasteiger partial charge in [-0.3, -0.25) is 9.69 Å². The van der Waals surface area contributed by atoms with E-state index in [-0.39, 0.29) is 11.9 Å². The number of carbonyl (C=O) groups is 1. The van der Waals surface area contributed by atoms with Crippen LogP contribution >= 0.6 is 0 Å². The average molecular weight is 242 g/mol. The van der Waals surface area contributed by atoms with E-state index in [9.17, 15) is 9.90 Å². The lowest BCUT2D eigenvalue weighted by Crippen LogP contribution is -2.67. The molecule has 0 radical (unpaired) electrons. The Kier molecular flexibility index (Phi) is 3.70. The molecule has 0 spiro atoms. The Morgan fingerprint density at radius 1 is 1.59 bits per heavy atom. The third-order valence-electron chi connectivity index (χ3n) is 3.82. The minimum Gasteiger partial charge on any atom is -0.387 e. The Hall–Kier alpha value is -0.650. The maximum Gasteiger partial charge on any atom is 0.237 e. The van der Waals surface area contributed by atoms with E-state index in [0.717, 1.165) is 12.8 Å². The fourth-order valence-electron chi connectivity index (χ4n) is 2.40. The predicted octanol–water partition coefficient (Wildman–Crippen LogP) is -0.406. The number of hydrogen-bond acceptors (Lipinski definition) is 4. The zero-order valence-corrected chi connectivity index (χ0v) is 10.6. The Morgan fingerprint density at radius 2 is 2.24 bits per heavy atom. The van der Waals surface area contributed by atoms with E-state index in [2.05, 4.69) is 5.32 Å². The molecule has 2 aliphatic rings. The summed E-state index contributed by atoms with van der Waals surface area (Å²) in [5, 5.41) is 13.0. The lowest BCUT2D eigenvalue weighted by atomic mass is 9.87. The summed E-state index contributed by atoms with van der Waals surface area (Å²) in [6, 6.07) is -0.161. The van der Waals surface area contributed by atoms with Crippen LogP contribution in [0.5, 0.6) is 0 Å². The van der Waals surface area contributed by atoms with E-state index in [1.54, 1.807) is 7.11 Å². The van der Waals surface area contributed by atoms with Crippen molar-refractivity contribution >= 4 is 5.91 Å². The van der Waals surface area contributed by atoms with Crippen LogP contribution in [0.15, 0.2) is 0 Å². The van der Waals surface area contributed by atoms with Gasteiger partial charge in [-0.25, -0.2) is 0 Å². The highest BCUT2D eigenvalue weighted by molar-refractivity contribution is 5.81. The number of methoxy groups -OCH3 is 1. The monoisotopic (exact) mass is 242 g/mol. The van der Waals surface area contributed by atoms with E-state index in [4.69, 9.17) is 4.74 Å². The molecule has 1 aliphatic heterocycles. The van der Waals surface area contributed by atoms with E-state index in [1.807, 2.05) is 11.8 Å². The van der Waals surface area contributed by atoms with Gasteiger partial charge in [0, 0.05) is 26.7 Å². The van der Waals surface area contributed by atoms with Gasteiger partial charge in [0.05, 0.1) is 18.2 Å². The van der Waals surface area contributed by atoms with Crippen molar-refractivity contribution in [3.63, 3.8) is 0 Å². The zero-order chi connectivity index (χ0) is 12.5. The molecule has 0 bridgehead atoms. The first-order valence-corrected chi connectivity index (χ1v) is 6.30. The summed E-state index contributed by atoms with van der Waals surface area (Å²) in [6.45, 7) is 4.23. The van der Waals surface area contributed by atoms with Gasteiger partial charge in [0.1, 0.15) is 0 Å². The molecule has 0 aromatic heterocycles. The fourth-order valence-corrected chi connectivity index (χ4v) is 2.40. The molecule has 1 atom stereocenters. The summed E-state index contributed by atoms with van der Waals surface area (Å²) in [7, 11) is 1.61. The molecule has 1 saturated carbocycles. The molecule has 98 valence electrons. The Labute approximate surface area is 102 Å². The van der Waals surface area contributed by atoms with Gasteiger partial charge in [0.25, 0.3) is 0 Å². The van der Waals surface area contributed by atoms with Crippen molar-refractivity contribution in [2.24, 2.45) is 5.92 Å². The van der Waals surface area contributed by atoms with Gasteiger partial charge in [-0.15, -0.1) is 0 Å². The van der Waals surface area contributed by atoms with Gasteiger partial charge in [-0.2, -0.15) is 0 Å². The number of nitrogens with one attached hydrogen (secondary N) is 1. The lowest BCUT2D eigenvalue weighted by molar-refractivity contribution is -0.147. The second-order valence-corrected chi connectivity index (χ2v) is 5.24. The molecule has 5 nitrogen and oxygen atoms in total. The minimum atomic E-state index is -0.513. The molecule has 1 heterocycles. The van der Waals surface area contributed by atoms with Crippen LogP contribution in [0.3, 0.4) is 0 Å². The second kappa shape index (κ2) is 4.92. The van der Waals surface area contributed by atoms with Crippen LogP contribution in [0.25, 0.3) is 0 Å². The SMILES string of the molecule is COCCNC(=O)C(C)N1CC(O)(C2CC2)C1. The summed E-state index contributed by atoms with van der Waals surface area (Å²) in [4.78, 5) is 13.8. The molecule has 1 saturated heterocycles. The highest BCUT2D eigenvalue weighted by Crippen LogP contribution is 2.44. The summed E-state index contributed by atoms with van der Waals surface area (Å²) in [5.41, 5.74) is -0.513. The van der Waals surface area contributed by atoms with Crippen molar-refractivity contribution in [3.05, 3.63) is 0 Å². The standard InChI is InChI=1S/C12H22N2O3/c1-9(11(15)13-5-6-17-2)14-7-12(16,8-14)10-3-4-10/h9-10,16H,3-8H2,1-2H3,(H,13,15). The number of ether oxygens (including phenoxy) is 1. The molecular formula is C12H22N2O3. The summed E-state index contributed by atoms with van der Waals surface area (Å²) in [6.07, 6.45) is 2.28. The van der Waals surface area contributed by atoms with E-state index < -0.39 is 5.60 Å². The molecule has 0 aromatic rings. The van der Waals surface area contributed by atoms with Crippen molar-refractivity contribution in [1.82, 2.24) is 10.2 Å². The number of nitrogens with zero attached hydrogens (tertiary/aromatic N) is 1. The summed E-state index contributed by atoms with van der Waals surface area (Å²) < 4.78 is 4.88. The molecule has 1 unspecified atom stereocenters. The minimum absolute atomic E-state index is 0.0138. The third-order valence-corrected chi connectivity index (χ3v) is 3.82. The van der Waals surface area contributed by atoms with Crippen molar-refractivity contribution in [1.29, 1.82) is 0 Å². The Balaban J connectivity index is 1.70. The first kappa shape index (κ1) is 12.8. The van der Waals surface area contributed by atoms with Crippen LogP contribution in [0.1, 0.15) is 19.8 Å². The number of β-amino-alcohol motifs (C(OH)–C–C–N with tert-alkyl or cyclic N) is 1. The summed E-state index contributed by atoms with van der Waals surface area (Å²) in [5.74, 6) is 0.488. The van der Waals surface area contributed by atoms with Crippen LogP contribution in [0.4, 0.5) is 0 Å². The first-order chi connectivity index (χ1) is 8.07. The van der Waals surface area contributed by atoms with Gasteiger partial charge < -0.3 is 15.2 Å². The Bertz CT molecular complexity index is 285. The van der Waals surface area contributed by atoms with Gasteiger partial charge >= 0.3 is 0 Å². The average Bonchev–Trinajstić information content (AvgIpc) is 3.08. The van der Waals surface area contributed by atoms with Gasteiger partial charge in [0.2, 0.25) is 5.91 Å². The van der Waals surface area contributed by atoms with E-state index in [0.29, 0.717) is 32.2 Å². The molecule has 1 amide bonds. The zero-order valence-electron chi connectivity index (χ0n) is 10.6. The second-order valence-electron chi connectivity index (χ2n) is 5.24. The number of rotatable bonds is 6. The molecule has 0 aromatic carbocycles. The number of hydrogen-bond donors (Lipinski definition) is 2. The number of carbonyl (C=O) groups excluding carboxylic acids is 1. The maximum atomic E-state index is 11.8. The molecule has 2 fully saturated rings.